The van der Waals surface area contributed by atoms with Crippen LogP contribution in [0.5, 0.6) is 0 Å². The monoisotopic (exact) mass is 515 g/mol. The van der Waals surface area contributed by atoms with Gasteiger partial charge in [-0.2, -0.15) is 0 Å². The normalized spacial score (nSPS) is 17.1. The molecule has 0 aliphatic carbocycles. The van der Waals surface area contributed by atoms with Gasteiger partial charge in [0.2, 0.25) is 5.91 Å². The van der Waals surface area contributed by atoms with E-state index >= 15 is 0 Å². The number of pyridine rings is 1. The molecule has 4 aromatic rings. The van der Waals surface area contributed by atoms with Crippen LogP contribution in [0.1, 0.15) is 29.0 Å². The van der Waals surface area contributed by atoms with Gasteiger partial charge in [-0.1, -0.05) is 12.1 Å². The zero-order valence-electron chi connectivity index (χ0n) is 20.4. The van der Waals surface area contributed by atoms with Gasteiger partial charge in [0.15, 0.2) is 5.11 Å². The number of carbonyl (C=O) groups is 1. The number of amides is 1. The van der Waals surface area contributed by atoms with Gasteiger partial charge in [-0.15, -0.1) is 0 Å². The number of rotatable bonds is 7. The summed E-state index contributed by atoms with van der Waals surface area (Å²) in [6.07, 6.45) is 3.67. The fourth-order valence-electron chi connectivity index (χ4n) is 4.68. The summed E-state index contributed by atoms with van der Waals surface area (Å²) in [5.41, 5.74) is 4.91. The molecule has 1 amide bonds. The number of anilines is 2. The lowest BCUT2D eigenvalue weighted by Crippen LogP contribution is -2.30. The molecule has 2 atom stereocenters. The third-order valence-electron chi connectivity index (χ3n) is 6.31. The van der Waals surface area contributed by atoms with Crippen molar-refractivity contribution in [1.29, 1.82) is 0 Å². The van der Waals surface area contributed by atoms with Crippen LogP contribution in [0.4, 0.5) is 15.8 Å². The van der Waals surface area contributed by atoms with Gasteiger partial charge in [-0.05, 0) is 85.4 Å². The fourth-order valence-corrected chi connectivity index (χ4v) is 5.03. The van der Waals surface area contributed by atoms with Crippen LogP contribution >= 0.6 is 12.2 Å². The highest BCUT2D eigenvalue weighted by Gasteiger charge is 2.42. The van der Waals surface area contributed by atoms with Crippen LogP contribution in [-0.2, 0) is 9.53 Å². The number of methoxy groups -OCH3 is 1. The Hall–Kier alpha value is -4.08. The highest BCUT2D eigenvalue weighted by Crippen LogP contribution is 2.42. The molecule has 3 heterocycles. The molecule has 0 saturated carbocycles. The predicted molar refractivity (Wildman–Crippen MR) is 145 cm³/mol. The van der Waals surface area contributed by atoms with Gasteiger partial charge < -0.3 is 24.8 Å². The van der Waals surface area contributed by atoms with Crippen LogP contribution in [0.15, 0.2) is 85.2 Å². The van der Waals surface area contributed by atoms with Crippen LogP contribution in [0.2, 0.25) is 0 Å². The van der Waals surface area contributed by atoms with Crippen molar-refractivity contribution < 1.29 is 13.9 Å². The first-order chi connectivity index (χ1) is 18.0. The summed E-state index contributed by atoms with van der Waals surface area (Å²) in [5, 5.41) is 6.86. The van der Waals surface area contributed by atoms with Crippen molar-refractivity contribution in [1.82, 2.24) is 14.9 Å². The maximum Gasteiger partial charge on any atom is 0.250 e. The minimum absolute atomic E-state index is 0.0216. The second-order valence-corrected chi connectivity index (χ2v) is 9.15. The van der Waals surface area contributed by atoms with E-state index in [1.54, 1.807) is 12.3 Å². The Kier molecular flexibility index (Phi) is 6.98. The summed E-state index contributed by atoms with van der Waals surface area (Å²) in [6, 6.07) is 21.5. The molecule has 1 aliphatic rings. The zero-order chi connectivity index (χ0) is 25.9. The Bertz CT molecular complexity index is 1440. The third-order valence-corrected chi connectivity index (χ3v) is 6.62. The molecule has 7 nitrogen and oxygen atoms in total. The quantitative estimate of drug-likeness (QED) is 0.335. The Morgan fingerprint density at radius 1 is 1.11 bits per heavy atom. The molecule has 2 N–H and O–H groups in total. The SMILES string of the molecule is COCC(=O)Nc1ccc(N2C(=S)N[C@H](c3ccccn3)[C@@H]2c2cccn2-c2cccc(F)c2)cc1C. The minimum atomic E-state index is -0.308. The number of benzene rings is 2. The standard InChI is InChI=1S/C28H26FN5O2S/c1-18-15-21(11-12-22(18)31-25(35)17-36-2)34-27(26(32-28(34)37)23-9-3-4-13-30-23)24-10-6-14-33(24)20-8-5-7-19(29)16-20/h3-16,26-27H,17H2,1-2H3,(H,31,35)(H,32,37)/t26-,27+/m1/s1. The topological polar surface area (TPSA) is 71.4 Å². The maximum absolute atomic E-state index is 14.1. The minimum Gasteiger partial charge on any atom is -0.375 e. The van der Waals surface area contributed by atoms with E-state index in [2.05, 4.69) is 15.6 Å². The molecule has 0 bridgehead atoms. The first kappa shape index (κ1) is 24.6. The Labute approximate surface area is 219 Å². The molecule has 0 radical (unpaired) electrons. The molecule has 2 aromatic carbocycles. The third kappa shape index (κ3) is 4.96. The van der Waals surface area contributed by atoms with Crippen LogP contribution in [-0.4, -0.2) is 34.3 Å². The van der Waals surface area contributed by atoms with Gasteiger partial charge in [0, 0.05) is 42.3 Å². The molecular weight excluding hydrogens is 489 g/mol. The van der Waals surface area contributed by atoms with E-state index in [0.29, 0.717) is 16.5 Å². The number of aryl methyl sites for hydroxylation is 1. The number of hydrogen-bond donors (Lipinski definition) is 2. The Morgan fingerprint density at radius 3 is 2.70 bits per heavy atom. The Balaban J connectivity index is 1.59. The number of nitrogens with zero attached hydrogens (tertiary/aromatic N) is 3. The number of nitrogens with one attached hydrogen (secondary N) is 2. The van der Waals surface area contributed by atoms with Gasteiger partial charge in [-0.3, -0.25) is 9.78 Å². The highest BCUT2D eigenvalue weighted by atomic mass is 32.1. The van der Waals surface area contributed by atoms with Gasteiger partial charge in [0.25, 0.3) is 0 Å². The number of hydrogen-bond acceptors (Lipinski definition) is 4. The first-order valence-electron chi connectivity index (χ1n) is 11.8. The predicted octanol–water partition coefficient (Wildman–Crippen LogP) is 5.08. The van der Waals surface area contributed by atoms with E-state index < -0.39 is 0 Å². The Morgan fingerprint density at radius 2 is 1.97 bits per heavy atom. The number of carbonyl (C=O) groups excluding carboxylic acids is 1. The first-order valence-corrected chi connectivity index (χ1v) is 12.2. The van der Waals surface area contributed by atoms with Gasteiger partial charge in [0.05, 0.1) is 11.7 Å². The van der Waals surface area contributed by atoms with Gasteiger partial charge in [-0.25, -0.2) is 4.39 Å². The summed E-state index contributed by atoms with van der Waals surface area (Å²) >= 11 is 5.84. The number of ether oxygens (including phenoxy) is 1. The van der Waals surface area contributed by atoms with E-state index in [9.17, 15) is 9.18 Å². The van der Waals surface area contributed by atoms with Crippen molar-refractivity contribution in [3.05, 3.63) is 108 Å². The molecule has 1 aliphatic heterocycles. The highest BCUT2D eigenvalue weighted by molar-refractivity contribution is 7.80. The largest absolute Gasteiger partial charge is 0.375 e. The number of halogens is 1. The lowest BCUT2D eigenvalue weighted by molar-refractivity contribution is -0.119. The average Bonchev–Trinajstić information content (AvgIpc) is 3.50. The summed E-state index contributed by atoms with van der Waals surface area (Å²) in [6.45, 7) is 1.91. The molecule has 0 unspecified atom stereocenters. The summed E-state index contributed by atoms with van der Waals surface area (Å²) < 4.78 is 21.0. The summed E-state index contributed by atoms with van der Waals surface area (Å²) in [4.78, 5) is 18.7. The zero-order valence-corrected chi connectivity index (χ0v) is 21.2. The van der Waals surface area contributed by atoms with E-state index in [0.717, 1.165) is 22.6 Å². The molecule has 37 heavy (non-hydrogen) atoms. The van der Waals surface area contributed by atoms with Gasteiger partial charge >= 0.3 is 0 Å². The molecule has 9 heteroatoms. The molecule has 188 valence electrons. The molecule has 1 fully saturated rings. The van der Waals surface area contributed by atoms with E-state index in [1.165, 1.54) is 19.2 Å². The van der Waals surface area contributed by atoms with Crippen LogP contribution in [0, 0.1) is 12.7 Å². The second kappa shape index (κ2) is 10.5. The smallest absolute Gasteiger partial charge is 0.250 e. The van der Waals surface area contributed by atoms with Crippen molar-refractivity contribution in [3.8, 4) is 5.69 Å². The summed E-state index contributed by atoms with van der Waals surface area (Å²) in [7, 11) is 1.48. The fraction of sp³-hybridized carbons (Fsp3) is 0.179. The van der Waals surface area contributed by atoms with Crippen LogP contribution in [0.3, 0.4) is 0 Å². The summed E-state index contributed by atoms with van der Waals surface area (Å²) in [5.74, 6) is -0.533. The second-order valence-electron chi connectivity index (χ2n) is 8.76. The molecule has 5 rings (SSSR count). The van der Waals surface area contributed by atoms with Crippen LogP contribution in [0.25, 0.3) is 5.69 Å². The molecule has 2 aromatic heterocycles. The van der Waals surface area contributed by atoms with E-state index in [1.807, 2.05) is 77.2 Å². The van der Waals surface area contributed by atoms with E-state index in [4.69, 9.17) is 17.0 Å². The van der Waals surface area contributed by atoms with Crippen molar-refractivity contribution in [2.45, 2.75) is 19.0 Å². The molecule has 1 saturated heterocycles. The van der Waals surface area contributed by atoms with Crippen molar-refractivity contribution in [2.24, 2.45) is 0 Å². The van der Waals surface area contributed by atoms with Gasteiger partial charge in [0.1, 0.15) is 18.5 Å². The van der Waals surface area contributed by atoms with Crippen molar-refractivity contribution in [3.63, 3.8) is 0 Å². The lowest BCUT2D eigenvalue weighted by Gasteiger charge is -2.29. The number of thiocarbonyl (C=S) groups is 1. The van der Waals surface area contributed by atoms with E-state index in [-0.39, 0.29) is 30.4 Å². The van der Waals surface area contributed by atoms with Crippen LogP contribution < -0.4 is 15.5 Å². The maximum atomic E-state index is 14.1. The lowest BCUT2D eigenvalue weighted by atomic mass is 10.00. The molecule has 0 spiro atoms. The molecular formula is C28H26FN5O2S. The average molecular weight is 516 g/mol. The van der Waals surface area contributed by atoms with Crippen molar-refractivity contribution in [2.75, 3.05) is 23.9 Å². The van der Waals surface area contributed by atoms with Crippen molar-refractivity contribution >= 4 is 34.6 Å². The number of aromatic nitrogens is 2.